The molecule has 0 aliphatic heterocycles. The van der Waals surface area contributed by atoms with Crippen molar-refractivity contribution >= 4 is 42.2 Å². The Balaban J connectivity index is 1.86. The van der Waals surface area contributed by atoms with Crippen LogP contribution in [-0.4, -0.2) is 54.1 Å². The topological polar surface area (TPSA) is 95.9 Å². The number of benzene rings is 3. The average Bonchev–Trinajstić information content (AvgIpc) is 3.15. The van der Waals surface area contributed by atoms with Gasteiger partial charge in [0.25, 0.3) is 5.91 Å². The van der Waals surface area contributed by atoms with Crippen LogP contribution in [-0.2, 0) is 15.3 Å². The summed E-state index contributed by atoms with van der Waals surface area (Å²) in [5.74, 6) is -0.643. The lowest BCUT2D eigenvalue weighted by atomic mass is 9.43. The lowest BCUT2D eigenvalue weighted by Crippen LogP contribution is -2.59. The third-order valence-electron chi connectivity index (χ3n) is 12.7. The van der Waals surface area contributed by atoms with E-state index >= 15 is 0 Å². The van der Waals surface area contributed by atoms with Crippen molar-refractivity contribution in [1.82, 2.24) is 10.2 Å². The minimum Gasteiger partial charge on any atom is -0.478 e. The molecule has 1 amide bonds. The standard InChI is InChI=1S/C49H68N2O5S/c1-14-36-20-15-16-22-39(36)42(52)51(30-28-50-34(2)38-21-17-18-23-40(38)43(53)54)29-19-31-56-44(55)49(13,46(6,7)8)48(11,12)47(9,10)41(32-45(3,4)5)37-26-24-35(33-57)25-27-37/h14-18,20-27,41,50,57H,1-2,19,28-33H2,3-13H3,(H,53,54). The number of esters is 1. The Bertz CT molecular complexity index is 1880. The Hall–Kier alpha value is -4.30. The van der Waals surface area contributed by atoms with Gasteiger partial charge in [0.1, 0.15) is 0 Å². The molecule has 8 heteroatoms. The van der Waals surface area contributed by atoms with Gasteiger partial charge in [-0.1, -0.05) is 149 Å². The van der Waals surface area contributed by atoms with Crippen LogP contribution in [0.15, 0.2) is 86.0 Å². The average molecular weight is 797 g/mol. The molecule has 0 aromatic heterocycles. The molecule has 0 radical (unpaired) electrons. The first kappa shape index (κ1) is 47.1. The maximum absolute atomic E-state index is 14.7. The van der Waals surface area contributed by atoms with Crippen LogP contribution in [0, 0.1) is 27.1 Å². The van der Waals surface area contributed by atoms with Gasteiger partial charge in [-0.05, 0) is 76.2 Å². The highest BCUT2D eigenvalue weighted by Crippen LogP contribution is 2.64. The van der Waals surface area contributed by atoms with Crippen LogP contribution in [0.25, 0.3) is 11.8 Å². The molecule has 0 bridgehead atoms. The molecule has 0 fully saturated rings. The van der Waals surface area contributed by atoms with Crippen molar-refractivity contribution in [3.05, 3.63) is 119 Å². The smallest absolute Gasteiger partial charge is 0.336 e. The quantitative estimate of drug-likeness (QED) is 0.0635. The zero-order chi connectivity index (χ0) is 43.0. The molecule has 310 valence electrons. The maximum atomic E-state index is 14.7. The summed E-state index contributed by atoms with van der Waals surface area (Å²) >= 11 is 4.49. The van der Waals surface area contributed by atoms with Crippen LogP contribution in [0.4, 0.5) is 0 Å². The first-order chi connectivity index (χ1) is 26.4. The normalized spacial score (nSPS) is 13.9. The summed E-state index contributed by atoms with van der Waals surface area (Å²) in [6.07, 6.45) is 3.02. The number of carbonyl (C=O) groups is 3. The van der Waals surface area contributed by atoms with Gasteiger partial charge in [-0.3, -0.25) is 9.59 Å². The number of hydrogen-bond acceptors (Lipinski definition) is 6. The Kier molecular flexibility index (Phi) is 15.7. The summed E-state index contributed by atoms with van der Waals surface area (Å²) in [4.78, 5) is 42.3. The zero-order valence-corrected chi connectivity index (χ0v) is 37.3. The van der Waals surface area contributed by atoms with Crippen LogP contribution in [0.3, 0.4) is 0 Å². The largest absolute Gasteiger partial charge is 0.478 e. The highest BCUT2D eigenvalue weighted by molar-refractivity contribution is 7.79. The molecule has 2 N–H and O–H groups in total. The predicted molar refractivity (Wildman–Crippen MR) is 240 cm³/mol. The summed E-state index contributed by atoms with van der Waals surface area (Å²) in [7, 11) is 0. The Morgan fingerprint density at radius 1 is 0.825 bits per heavy atom. The highest BCUT2D eigenvalue weighted by atomic mass is 32.1. The van der Waals surface area contributed by atoms with E-state index in [0.29, 0.717) is 48.6 Å². The summed E-state index contributed by atoms with van der Waals surface area (Å²) in [6.45, 7) is 33.4. The first-order valence-corrected chi connectivity index (χ1v) is 20.7. The van der Waals surface area contributed by atoms with Gasteiger partial charge in [-0.25, -0.2) is 4.79 Å². The van der Waals surface area contributed by atoms with Gasteiger partial charge in [0.2, 0.25) is 0 Å². The van der Waals surface area contributed by atoms with Crippen molar-refractivity contribution in [2.45, 2.75) is 101 Å². The van der Waals surface area contributed by atoms with Crippen molar-refractivity contribution in [3.63, 3.8) is 0 Å². The molecular formula is C49H68N2O5S. The van der Waals surface area contributed by atoms with Gasteiger partial charge < -0.3 is 20.1 Å². The van der Waals surface area contributed by atoms with E-state index in [1.54, 1.807) is 35.2 Å². The van der Waals surface area contributed by atoms with Gasteiger partial charge in [-0.2, -0.15) is 12.6 Å². The molecule has 2 atom stereocenters. The minimum atomic E-state index is -1.04. The van der Waals surface area contributed by atoms with Gasteiger partial charge in [0.15, 0.2) is 0 Å². The Morgan fingerprint density at radius 2 is 1.39 bits per heavy atom. The van der Waals surface area contributed by atoms with E-state index in [9.17, 15) is 19.5 Å². The first-order valence-electron chi connectivity index (χ1n) is 20.1. The molecule has 2 unspecified atom stereocenters. The molecule has 0 heterocycles. The number of aromatic carboxylic acids is 1. The van der Waals surface area contributed by atoms with Crippen LogP contribution in [0.2, 0.25) is 0 Å². The third kappa shape index (κ3) is 10.8. The van der Waals surface area contributed by atoms with Gasteiger partial charge in [-0.15, -0.1) is 0 Å². The third-order valence-corrected chi connectivity index (χ3v) is 13.1. The number of thiol groups is 1. The molecule has 3 rings (SSSR count). The summed E-state index contributed by atoms with van der Waals surface area (Å²) in [5, 5.41) is 12.9. The van der Waals surface area contributed by atoms with Crippen LogP contribution in [0.1, 0.15) is 138 Å². The molecule has 0 saturated heterocycles. The molecule has 57 heavy (non-hydrogen) atoms. The van der Waals surface area contributed by atoms with Crippen molar-refractivity contribution in [2.75, 3.05) is 26.2 Å². The highest BCUT2D eigenvalue weighted by Gasteiger charge is 2.62. The molecule has 0 spiro atoms. The molecule has 3 aromatic carbocycles. The number of ether oxygens (including phenoxy) is 1. The van der Waals surface area contributed by atoms with Crippen LogP contribution >= 0.6 is 12.6 Å². The van der Waals surface area contributed by atoms with Crippen LogP contribution in [0.5, 0.6) is 0 Å². The Labute approximate surface area is 348 Å². The molecule has 0 aliphatic carbocycles. The fourth-order valence-corrected chi connectivity index (χ4v) is 8.34. The minimum absolute atomic E-state index is 0.0418. The van der Waals surface area contributed by atoms with Crippen molar-refractivity contribution in [2.24, 2.45) is 27.1 Å². The van der Waals surface area contributed by atoms with E-state index < -0.39 is 22.2 Å². The van der Waals surface area contributed by atoms with Gasteiger partial charge >= 0.3 is 11.9 Å². The Morgan fingerprint density at radius 3 is 1.91 bits per heavy atom. The van der Waals surface area contributed by atoms with Crippen molar-refractivity contribution in [3.8, 4) is 0 Å². The predicted octanol–water partition coefficient (Wildman–Crippen LogP) is 11.4. The number of carbonyl (C=O) groups excluding carboxylic acids is 2. The van der Waals surface area contributed by atoms with Crippen LogP contribution < -0.4 is 5.32 Å². The second kappa shape index (κ2) is 19.0. The number of nitrogens with zero attached hydrogens (tertiary/aromatic N) is 1. The van der Waals surface area contributed by atoms with Gasteiger partial charge in [0, 0.05) is 42.2 Å². The van der Waals surface area contributed by atoms with Gasteiger partial charge in [0.05, 0.1) is 17.6 Å². The second-order valence-electron chi connectivity index (χ2n) is 18.8. The fourth-order valence-electron chi connectivity index (χ4n) is 8.13. The molecule has 0 aliphatic rings. The molecule has 0 saturated carbocycles. The number of amides is 1. The SMILES string of the molecule is C=Cc1ccccc1C(=O)N(CCCOC(=O)C(C)(C(C)(C)C)C(C)(C)C(C)(C)C(CC(C)(C)C)c1ccc(CS)cc1)CCNC(=C)c1ccccc1C(=O)O. The maximum Gasteiger partial charge on any atom is 0.336 e. The molecular weight excluding hydrogens is 729 g/mol. The summed E-state index contributed by atoms with van der Waals surface area (Å²) < 4.78 is 6.26. The lowest BCUT2D eigenvalue weighted by Gasteiger charge is -2.60. The molecule has 7 nitrogen and oxygen atoms in total. The van der Waals surface area contributed by atoms with Crippen molar-refractivity contribution in [1.29, 1.82) is 0 Å². The number of carboxylic acids is 1. The number of carboxylic acid groups (broad SMARTS) is 1. The summed E-state index contributed by atoms with van der Waals surface area (Å²) in [5.41, 5.74) is 2.53. The monoisotopic (exact) mass is 796 g/mol. The second-order valence-corrected chi connectivity index (χ2v) is 19.1. The van der Waals surface area contributed by atoms with E-state index in [1.165, 1.54) is 17.2 Å². The van der Waals surface area contributed by atoms with E-state index in [0.717, 1.165) is 12.0 Å². The fraction of sp³-hybridized carbons (Fsp3) is 0.490. The van der Waals surface area contributed by atoms with E-state index in [1.807, 2.05) is 18.2 Å². The zero-order valence-electron chi connectivity index (χ0n) is 36.4. The molecule has 3 aromatic rings. The van der Waals surface area contributed by atoms with E-state index in [2.05, 4.69) is 132 Å². The summed E-state index contributed by atoms with van der Waals surface area (Å²) in [6, 6.07) is 22.8. The van der Waals surface area contributed by atoms with Crippen molar-refractivity contribution < 1.29 is 24.2 Å². The number of nitrogens with one attached hydrogen (secondary N) is 1. The lowest BCUT2D eigenvalue weighted by molar-refractivity contribution is -0.187. The van der Waals surface area contributed by atoms with E-state index in [-0.39, 0.29) is 40.8 Å². The van der Waals surface area contributed by atoms with E-state index in [4.69, 9.17) is 4.74 Å². The number of hydrogen-bond donors (Lipinski definition) is 3. The number of rotatable bonds is 19.